The van der Waals surface area contributed by atoms with Crippen molar-refractivity contribution in [3.63, 3.8) is 0 Å². The van der Waals surface area contributed by atoms with Crippen molar-refractivity contribution in [1.82, 2.24) is 0 Å². The van der Waals surface area contributed by atoms with Crippen molar-refractivity contribution < 1.29 is 14.2 Å². The van der Waals surface area contributed by atoms with E-state index in [0.717, 1.165) is 37.4 Å². The highest BCUT2D eigenvalue weighted by Gasteiger charge is 2.15. The molecule has 94 valence electrons. The van der Waals surface area contributed by atoms with Crippen LogP contribution in [0.2, 0.25) is 0 Å². The SMILES string of the molecule is COc1cc(N)ccc1COC1CCOCC1. The Hall–Kier alpha value is -1.26. The molecule has 1 saturated heterocycles. The van der Waals surface area contributed by atoms with Crippen molar-refractivity contribution in [3.8, 4) is 5.75 Å². The van der Waals surface area contributed by atoms with Gasteiger partial charge in [-0.3, -0.25) is 0 Å². The lowest BCUT2D eigenvalue weighted by atomic mass is 10.1. The van der Waals surface area contributed by atoms with Crippen LogP contribution >= 0.6 is 0 Å². The summed E-state index contributed by atoms with van der Waals surface area (Å²) in [6, 6.07) is 5.64. The monoisotopic (exact) mass is 237 g/mol. The molecule has 0 aromatic heterocycles. The van der Waals surface area contributed by atoms with Gasteiger partial charge in [-0.1, -0.05) is 6.07 Å². The first-order valence-corrected chi connectivity index (χ1v) is 5.91. The lowest BCUT2D eigenvalue weighted by Crippen LogP contribution is -2.23. The Bertz CT molecular complexity index is 362. The van der Waals surface area contributed by atoms with E-state index in [9.17, 15) is 0 Å². The largest absolute Gasteiger partial charge is 0.496 e. The van der Waals surface area contributed by atoms with Crippen molar-refractivity contribution in [2.45, 2.75) is 25.6 Å². The molecule has 1 aromatic carbocycles. The van der Waals surface area contributed by atoms with Crippen molar-refractivity contribution >= 4 is 5.69 Å². The molecular formula is C13H19NO3. The molecule has 0 radical (unpaired) electrons. The summed E-state index contributed by atoms with van der Waals surface area (Å²) in [6.45, 7) is 2.15. The van der Waals surface area contributed by atoms with Crippen LogP contribution in [0.3, 0.4) is 0 Å². The van der Waals surface area contributed by atoms with Gasteiger partial charge in [0.25, 0.3) is 0 Å². The molecule has 1 heterocycles. The van der Waals surface area contributed by atoms with Crippen LogP contribution in [0.1, 0.15) is 18.4 Å². The van der Waals surface area contributed by atoms with E-state index in [1.165, 1.54) is 0 Å². The number of rotatable bonds is 4. The molecule has 1 aliphatic heterocycles. The van der Waals surface area contributed by atoms with E-state index in [-0.39, 0.29) is 0 Å². The minimum absolute atomic E-state index is 0.297. The summed E-state index contributed by atoms with van der Waals surface area (Å²) in [4.78, 5) is 0. The summed E-state index contributed by atoms with van der Waals surface area (Å²) >= 11 is 0. The van der Waals surface area contributed by atoms with E-state index in [1.807, 2.05) is 18.2 Å². The van der Waals surface area contributed by atoms with Crippen LogP contribution in [0, 0.1) is 0 Å². The van der Waals surface area contributed by atoms with Crippen molar-refractivity contribution in [2.24, 2.45) is 0 Å². The van der Waals surface area contributed by atoms with Crippen LogP contribution in [-0.4, -0.2) is 26.4 Å². The third-order valence-corrected chi connectivity index (χ3v) is 2.95. The molecule has 17 heavy (non-hydrogen) atoms. The van der Waals surface area contributed by atoms with Gasteiger partial charge in [-0.05, 0) is 18.9 Å². The van der Waals surface area contributed by atoms with Gasteiger partial charge in [0.15, 0.2) is 0 Å². The highest BCUT2D eigenvalue weighted by atomic mass is 16.5. The minimum Gasteiger partial charge on any atom is -0.496 e. The zero-order valence-corrected chi connectivity index (χ0v) is 10.1. The first-order chi connectivity index (χ1) is 8.29. The molecule has 4 heteroatoms. The Morgan fingerprint density at radius 1 is 1.35 bits per heavy atom. The molecule has 0 unspecified atom stereocenters. The molecule has 4 nitrogen and oxygen atoms in total. The fourth-order valence-corrected chi connectivity index (χ4v) is 1.93. The number of hydrogen-bond donors (Lipinski definition) is 1. The zero-order valence-electron chi connectivity index (χ0n) is 10.1. The molecule has 2 rings (SSSR count). The highest BCUT2D eigenvalue weighted by Crippen LogP contribution is 2.23. The summed E-state index contributed by atoms with van der Waals surface area (Å²) in [5.41, 5.74) is 7.45. The van der Waals surface area contributed by atoms with E-state index < -0.39 is 0 Å². The van der Waals surface area contributed by atoms with Crippen molar-refractivity contribution in [3.05, 3.63) is 23.8 Å². The van der Waals surface area contributed by atoms with Crippen molar-refractivity contribution in [1.29, 1.82) is 0 Å². The predicted molar refractivity (Wildman–Crippen MR) is 66.0 cm³/mol. The van der Waals surface area contributed by atoms with Crippen molar-refractivity contribution in [2.75, 3.05) is 26.1 Å². The lowest BCUT2D eigenvalue weighted by Gasteiger charge is -2.22. The van der Waals surface area contributed by atoms with Gasteiger partial charge in [0, 0.05) is 30.5 Å². The second kappa shape index (κ2) is 5.89. The number of anilines is 1. The topological polar surface area (TPSA) is 53.7 Å². The predicted octanol–water partition coefficient (Wildman–Crippen LogP) is 1.97. The molecule has 0 saturated carbocycles. The van der Waals surface area contributed by atoms with E-state index in [0.29, 0.717) is 18.4 Å². The molecule has 0 amide bonds. The molecule has 0 bridgehead atoms. The van der Waals surface area contributed by atoms with Gasteiger partial charge < -0.3 is 19.9 Å². The number of hydrogen-bond acceptors (Lipinski definition) is 4. The first kappa shape index (κ1) is 12.2. The molecule has 1 aliphatic rings. The van der Waals surface area contributed by atoms with Crippen LogP contribution in [0.4, 0.5) is 5.69 Å². The smallest absolute Gasteiger partial charge is 0.126 e. The van der Waals surface area contributed by atoms with E-state index in [1.54, 1.807) is 7.11 Å². The molecule has 1 aromatic rings. The maximum atomic E-state index is 5.85. The summed E-state index contributed by atoms with van der Waals surface area (Å²) in [7, 11) is 1.65. The van der Waals surface area contributed by atoms with Gasteiger partial charge in [0.05, 0.1) is 19.8 Å². The third-order valence-electron chi connectivity index (χ3n) is 2.95. The quantitative estimate of drug-likeness (QED) is 0.813. The van der Waals surface area contributed by atoms with E-state index in [2.05, 4.69) is 0 Å². The normalized spacial score (nSPS) is 17.0. The zero-order chi connectivity index (χ0) is 12.1. The average molecular weight is 237 g/mol. The highest BCUT2D eigenvalue weighted by molar-refractivity contribution is 5.48. The Morgan fingerprint density at radius 3 is 2.82 bits per heavy atom. The number of nitrogen functional groups attached to an aromatic ring is 1. The molecule has 0 aliphatic carbocycles. The maximum absolute atomic E-state index is 5.85. The van der Waals surface area contributed by atoms with Gasteiger partial charge in [0.2, 0.25) is 0 Å². The number of methoxy groups -OCH3 is 1. The van der Waals surface area contributed by atoms with Crippen LogP contribution in [0.15, 0.2) is 18.2 Å². The van der Waals surface area contributed by atoms with E-state index >= 15 is 0 Å². The lowest BCUT2D eigenvalue weighted by molar-refractivity contribution is -0.0394. The summed E-state index contributed by atoms with van der Waals surface area (Å²) in [5.74, 6) is 0.789. The molecule has 1 fully saturated rings. The minimum atomic E-state index is 0.297. The van der Waals surface area contributed by atoms with Crippen LogP contribution in [0.25, 0.3) is 0 Å². The molecule has 0 spiro atoms. The van der Waals surface area contributed by atoms with Crippen LogP contribution in [-0.2, 0) is 16.1 Å². The Kier molecular flexibility index (Phi) is 4.23. The van der Waals surface area contributed by atoms with Crippen LogP contribution in [0.5, 0.6) is 5.75 Å². The number of nitrogens with two attached hydrogens (primary N) is 1. The molecular weight excluding hydrogens is 218 g/mol. The fraction of sp³-hybridized carbons (Fsp3) is 0.538. The van der Waals surface area contributed by atoms with Gasteiger partial charge in [-0.2, -0.15) is 0 Å². The average Bonchev–Trinajstić information content (AvgIpc) is 2.38. The second-order valence-corrected chi connectivity index (χ2v) is 4.19. The van der Waals surface area contributed by atoms with Gasteiger partial charge in [-0.15, -0.1) is 0 Å². The molecule has 0 atom stereocenters. The third kappa shape index (κ3) is 3.35. The Morgan fingerprint density at radius 2 is 2.12 bits per heavy atom. The summed E-state index contributed by atoms with van der Waals surface area (Å²) in [6.07, 6.45) is 2.24. The fourth-order valence-electron chi connectivity index (χ4n) is 1.93. The standard InChI is InChI=1S/C13H19NO3/c1-15-13-8-11(14)3-2-10(13)9-17-12-4-6-16-7-5-12/h2-3,8,12H,4-7,9,14H2,1H3. The van der Waals surface area contributed by atoms with Crippen LogP contribution < -0.4 is 10.5 Å². The second-order valence-electron chi connectivity index (χ2n) is 4.19. The van der Waals surface area contributed by atoms with Gasteiger partial charge in [0.1, 0.15) is 5.75 Å². The molecule has 2 N–H and O–H groups in total. The first-order valence-electron chi connectivity index (χ1n) is 5.91. The Balaban J connectivity index is 1.93. The Labute approximate surface area is 102 Å². The maximum Gasteiger partial charge on any atom is 0.126 e. The number of ether oxygens (including phenoxy) is 3. The summed E-state index contributed by atoms with van der Waals surface area (Å²) in [5, 5.41) is 0. The summed E-state index contributed by atoms with van der Waals surface area (Å²) < 4.78 is 16.4. The van der Waals surface area contributed by atoms with Gasteiger partial charge >= 0.3 is 0 Å². The van der Waals surface area contributed by atoms with Gasteiger partial charge in [-0.25, -0.2) is 0 Å². The van der Waals surface area contributed by atoms with E-state index in [4.69, 9.17) is 19.9 Å². The number of benzene rings is 1.